The number of thiophene rings is 1. The minimum Gasteiger partial charge on any atom is -0.496 e. The summed E-state index contributed by atoms with van der Waals surface area (Å²) in [7, 11) is 3.37. The van der Waals surface area contributed by atoms with E-state index < -0.39 is 12.0 Å². The van der Waals surface area contributed by atoms with Gasteiger partial charge in [0.2, 0.25) is 5.43 Å². The van der Waals surface area contributed by atoms with Crippen LogP contribution in [0.25, 0.3) is 10.2 Å². The molecule has 0 aliphatic heterocycles. The molecule has 0 saturated heterocycles. The Kier molecular flexibility index (Phi) is 8.48. The van der Waals surface area contributed by atoms with Crippen LogP contribution < -0.4 is 15.5 Å². The summed E-state index contributed by atoms with van der Waals surface area (Å²) in [6, 6.07) is 14.2. The highest BCUT2D eigenvalue weighted by molar-refractivity contribution is 9.10. The Morgan fingerprint density at radius 3 is 2.67 bits per heavy atom. The monoisotopic (exact) mass is 590 g/mol. The molecule has 2 N–H and O–H groups in total. The summed E-state index contributed by atoms with van der Waals surface area (Å²) in [4.78, 5) is 27.4. The summed E-state index contributed by atoms with van der Waals surface area (Å²) < 4.78 is 13.5. The summed E-state index contributed by atoms with van der Waals surface area (Å²) in [5.41, 5.74) is 1.32. The number of fused-ring (bicyclic) bond motifs is 1. The van der Waals surface area contributed by atoms with Crippen LogP contribution in [0.1, 0.15) is 32.5 Å². The fourth-order valence-electron chi connectivity index (χ4n) is 3.68. The van der Waals surface area contributed by atoms with Gasteiger partial charge in [-0.25, -0.2) is 0 Å². The molecular weight excluding hydrogens is 568 g/mol. The first-order valence-corrected chi connectivity index (χ1v) is 13.0. The van der Waals surface area contributed by atoms with Crippen molar-refractivity contribution in [1.82, 2.24) is 9.88 Å². The zero-order valence-corrected chi connectivity index (χ0v) is 22.7. The van der Waals surface area contributed by atoms with E-state index in [4.69, 9.17) is 21.1 Å². The molecule has 1 amide bonds. The first-order chi connectivity index (χ1) is 17.3. The number of hydrogen-bond donors (Lipinski definition) is 2. The molecule has 36 heavy (non-hydrogen) atoms. The highest BCUT2D eigenvalue weighted by Gasteiger charge is 2.17. The van der Waals surface area contributed by atoms with Crippen molar-refractivity contribution in [2.75, 3.05) is 13.7 Å². The Hall–Kier alpha value is -2.69. The molecule has 1 unspecified atom stereocenters. The number of aromatic nitrogens is 1. The smallest absolute Gasteiger partial charge is 0.257 e. The molecule has 1 atom stereocenters. The average Bonchev–Trinajstić information content (AvgIpc) is 3.30. The number of aliphatic hydroxyl groups excluding tert-OH is 1. The van der Waals surface area contributed by atoms with Crippen molar-refractivity contribution in [1.29, 1.82) is 0 Å². The zero-order chi connectivity index (χ0) is 25.8. The predicted molar refractivity (Wildman–Crippen MR) is 145 cm³/mol. The molecule has 0 saturated carbocycles. The number of carbonyl (C=O) groups excluding carboxylic acids is 1. The molecule has 0 aliphatic carbocycles. The van der Waals surface area contributed by atoms with Gasteiger partial charge in [0.15, 0.2) is 0 Å². The SMILES string of the molecule is COc1ccc(C(O)COCc2cc3c(=O)c(C(=O)NCc4ccc(Cl)cc4)cn(C)c3s2)cc1Br. The van der Waals surface area contributed by atoms with Gasteiger partial charge in [0.05, 0.1) is 30.2 Å². The van der Waals surface area contributed by atoms with Crippen LogP contribution >= 0.6 is 38.9 Å². The molecule has 0 fully saturated rings. The third kappa shape index (κ3) is 5.99. The van der Waals surface area contributed by atoms with Crippen LogP contribution in [-0.2, 0) is 24.9 Å². The Labute approximate surface area is 225 Å². The molecule has 0 radical (unpaired) electrons. The number of nitrogens with zero attached hydrogens (tertiary/aromatic N) is 1. The third-order valence-corrected chi connectivity index (χ3v) is 7.66. The molecule has 2 aromatic heterocycles. The molecule has 4 rings (SSSR count). The van der Waals surface area contributed by atoms with E-state index in [-0.39, 0.29) is 30.8 Å². The Bertz CT molecular complexity index is 1450. The van der Waals surface area contributed by atoms with E-state index in [0.717, 1.165) is 19.7 Å². The second-order valence-corrected chi connectivity index (χ2v) is 10.6. The highest BCUT2D eigenvalue weighted by atomic mass is 79.9. The molecule has 7 nitrogen and oxygen atoms in total. The summed E-state index contributed by atoms with van der Waals surface area (Å²) in [5, 5.41) is 14.3. The Morgan fingerprint density at radius 1 is 1.22 bits per heavy atom. The fraction of sp³-hybridized carbons (Fsp3) is 0.231. The second-order valence-electron chi connectivity index (χ2n) is 8.15. The van der Waals surface area contributed by atoms with E-state index in [2.05, 4.69) is 21.2 Å². The number of halogens is 2. The maximum atomic E-state index is 13.1. The number of aliphatic hydroxyl groups is 1. The van der Waals surface area contributed by atoms with Gasteiger partial charge in [0, 0.05) is 29.7 Å². The van der Waals surface area contributed by atoms with Crippen molar-refractivity contribution >= 4 is 55.0 Å². The first-order valence-electron chi connectivity index (χ1n) is 11.0. The molecule has 188 valence electrons. The van der Waals surface area contributed by atoms with Crippen LogP contribution in [0.5, 0.6) is 5.75 Å². The predicted octanol–water partition coefficient (Wildman–Crippen LogP) is 5.20. The first kappa shape index (κ1) is 26.4. The van der Waals surface area contributed by atoms with Crippen LogP contribution in [-0.4, -0.2) is 29.3 Å². The van der Waals surface area contributed by atoms with Gasteiger partial charge in [-0.1, -0.05) is 29.8 Å². The minimum atomic E-state index is -0.816. The molecule has 0 spiro atoms. The standard InChI is InChI=1S/C26H24BrClN2O5S/c1-30-12-20(25(33)29-11-15-3-6-17(28)7-4-15)24(32)19-10-18(36-26(19)30)13-35-14-22(31)16-5-8-23(34-2)21(27)9-16/h3-10,12,22,31H,11,13-14H2,1-2H3,(H,29,33). The van der Waals surface area contributed by atoms with Crippen LogP contribution in [0, 0.1) is 0 Å². The summed E-state index contributed by atoms with van der Waals surface area (Å²) in [6.45, 7) is 0.597. The maximum absolute atomic E-state index is 13.1. The number of methoxy groups -OCH3 is 1. The maximum Gasteiger partial charge on any atom is 0.257 e. The van der Waals surface area contributed by atoms with E-state index in [9.17, 15) is 14.7 Å². The number of pyridine rings is 1. The topological polar surface area (TPSA) is 89.8 Å². The van der Waals surface area contributed by atoms with Crippen molar-refractivity contribution in [2.24, 2.45) is 7.05 Å². The summed E-state index contributed by atoms with van der Waals surface area (Å²) >= 11 is 10.7. The number of benzene rings is 2. The lowest BCUT2D eigenvalue weighted by molar-refractivity contribution is 0.0287. The lowest BCUT2D eigenvalue weighted by Crippen LogP contribution is -2.29. The second kappa shape index (κ2) is 11.6. The number of nitrogens with one attached hydrogen (secondary N) is 1. The average molecular weight is 592 g/mol. The van der Waals surface area contributed by atoms with Crippen molar-refractivity contribution < 1.29 is 19.4 Å². The van der Waals surface area contributed by atoms with Crippen LogP contribution in [0.3, 0.4) is 0 Å². The largest absolute Gasteiger partial charge is 0.496 e. The molecule has 0 bridgehead atoms. The van der Waals surface area contributed by atoms with E-state index in [1.165, 1.54) is 11.3 Å². The van der Waals surface area contributed by atoms with E-state index in [1.54, 1.807) is 61.3 Å². The molecular formula is C26H24BrClN2O5S. The quantitative estimate of drug-likeness (QED) is 0.279. The minimum absolute atomic E-state index is 0.0738. The van der Waals surface area contributed by atoms with Crippen molar-refractivity contribution in [2.45, 2.75) is 19.3 Å². The van der Waals surface area contributed by atoms with E-state index in [1.807, 2.05) is 12.1 Å². The van der Waals surface area contributed by atoms with Gasteiger partial charge in [-0.05, 0) is 57.4 Å². The lowest BCUT2D eigenvalue weighted by atomic mass is 10.1. The normalized spacial score (nSPS) is 12.0. The van der Waals surface area contributed by atoms with Gasteiger partial charge in [0.25, 0.3) is 5.91 Å². The Morgan fingerprint density at radius 2 is 1.97 bits per heavy atom. The number of ether oxygens (including phenoxy) is 2. The van der Waals surface area contributed by atoms with Crippen LogP contribution in [0.4, 0.5) is 0 Å². The van der Waals surface area contributed by atoms with E-state index in [0.29, 0.717) is 21.7 Å². The van der Waals surface area contributed by atoms with Gasteiger partial charge in [-0.3, -0.25) is 9.59 Å². The highest BCUT2D eigenvalue weighted by Crippen LogP contribution is 2.29. The molecule has 2 heterocycles. The number of rotatable bonds is 9. The number of aryl methyl sites for hydroxylation is 1. The van der Waals surface area contributed by atoms with Gasteiger partial charge in [-0.15, -0.1) is 11.3 Å². The van der Waals surface area contributed by atoms with E-state index >= 15 is 0 Å². The van der Waals surface area contributed by atoms with Crippen molar-refractivity contribution in [3.8, 4) is 5.75 Å². The Balaban J connectivity index is 1.42. The lowest BCUT2D eigenvalue weighted by Gasteiger charge is -2.13. The molecule has 0 aliphatic rings. The summed E-state index contributed by atoms with van der Waals surface area (Å²) in [5.74, 6) is 0.238. The number of hydrogen-bond acceptors (Lipinski definition) is 6. The van der Waals surface area contributed by atoms with Gasteiger partial charge >= 0.3 is 0 Å². The van der Waals surface area contributed by atoms with Crippen molar-refractivity contribution in [3.63, 3.8) is 0 Å². The third-order valence-electron chi connectivity index (χ3n) is 5.59. The van der Waals surface area contributed by atoms with Crippen molar-refractivity contribution in [3.05, 3.63) is 96.0 Å². The molecule has 4 aromatic rings. The molecule has 10 heteroatoms. The summed E-state index contributed by atoms with van der Waals surface area (Å²) in [6.07, 6.45) is 0.734. The van der Waals surface area contributed by atoms with Gasteiger partial charge in [-0.2, -0.15) is 0 Å². The van der Waals surface area contributed by atoms with Crippen LogP contribution in [0.15, 0.2) is 64.0 Å². The van der Waals surface area contributed by atoms with Gasteiger partial charge < -0.3 is 24.5 Å². The number of carbonyl (C=O) groups is 1. The van der Waals surface area contributed by atoms with Gasteiger partial charge in [0.1, 0.15) is 22.2 Å². The zero-order valence-electron chi connectivity index (χ0n) is 19.6. The number of amides is 1. The van der Waals surface area contributed by atoms with Crippen LogP contribution in [0.2, 0.25) is 5.02 Å². The fourth-order valence-corrected chi connectivity index (χ4v) is 5.39. The molecule has 2 aromatic carbocycles.